The molecule has 178 valence electrons. The summed E-state index contributed by atoms with van der Waals surface area (Å²) in [5.41, 5.74) is 3.29. The van der Waals surface area contributed by atoms with Gasteiger partial charge in [-0.25, -0.2) is 13.9 Å². The topological polar surface area (TPSA) is 126 Å². The van der Waals surface area contributed by atoms with Gasteiger partial charge in [-0.05, 0) is 43.0 Å². The fraction of sp³-hybridized carbons (Fsp3) is 0.435. The van der Waals surface area contributed by atoms with Gasteiger partial charge in [0, 0.05) is 44.1 Å². The first-order chi connectivity index (χ1) is 15.6. The molecule has 3 rings (SSSR count). The monoisotopic (exact) mass is 475 g/mol. The van der Waals surface area contributed by atoms with Gasteiger partial charge in [-0.3, -0.25) is 19.8 Å². The van der Waals surface area contributed by atoms with Gasteiger partial charge in [0.2, 0.25) is 0 Å². The van der Waals surface area contributed by atoms with Crippen molar-refractivity contribution >= 4 is 21.7 Å². The molecule has 1 aliphatic heterocycles. The van der Waals surface area contributed by atoms with Gasteiger partial charge in [0.05, 0.1) is 10.6 Å². The molecule has 1 aromatic heterocycles. The number of aromatic nitrogens is 1. The van der Waals surface area contributed by atoms with Crippen molar-refractivity contribution in [2.75, 3.05) is 26.8 Å². The van der Waals surface area contributed by atoms with Crippen LogP contribution in [0.4, 0.5) is 0 Å². The maximum atomic E-state index is 13.3. The van der Waals surface area contributed by atoms with E-state index in [2.05, 4.69) is 4.98 Å². The van der Waals surface area contributed by atoms with E-state index in [1.165, 1.54) is 17.7 Å². The van der Waals surface area contributed by atoms with E-state index in [1.54, 1.807) is 42.3 Å². The second-order valence-corrected chi connectivity index (χ2v) is 10.8. The van der Waals surface area contributed by atoms with Crippen LogP contribution in [0.5, 0.6) is 0 Å². The lowest BCUT2D eigenvalue weighted by molar-refractivity contribution is -0.134. The molecule has 0 aliphatic carbocycles. The van der Waals surface area contributed by atoms with Crippen LogP contribution in [-0.4, -0.2) is 66.9 Å². The summed E-state index contributed by atoms with van der Waals surface area (Å²) in [6, 6.07) is 9.89. The molecule has 0 radical (unpaired) electrons. The Kier molecular flexibility index (Phi) is 7.51. The van der Waals surface area contributed by atoms with Gasteiger partial charge in [-0.15, -0.1) is 0 Å². The standard InChI is InChI=1S/C23H29N3O6S/c1-16(2)15-26(3)21(27)18-6-4-17(5-7-18)20-9-8-19(14-24-20)33(30,31)23(22(28)25-29)10-12-32-13-11-23/h4-9,14,16,29H,10-13,15H2,1-3H3,(H,25,28). The van der Waals surface area contributed by atoms with Crippen LogP contribution < -0.4 is 5.48 Å². The van der Waals surface area contributed by atoms with Crippen LogP contribution in [-0.2, 0) is 19.4 Å². The van der Waals surface area contributed by atoms with Crippen molar-refractivity contribution < 1.29 is 28.0 Å². The van der Waals surface area contributed by atoms with E-state index < -0.39 is 20.5 Å². The quantitative estimate of drug-likeness (QED) is 0.465. The highest BCUT2D eigenvalue weighted by atomic mass is 32.2. The summed E-state index contributed by atoms with van der Waals surface area (Å²) in [4.78, 5) is 30.7. The number of carbonyl (C=O) groups excluding carboxylic acids is 2. The van der Waals surface area contributed by atoms with Crippen LogP contribution in [0.1, 0.15) is 37.0 Å². The Hall–Kier alpha value is -2.82. The minimum atomic E-state index is -4.14. The number of carbonyl (C=O) groups is 2. The van der Waals surface area contributed by atoms with Gasteiger partial charge < -0.3 is 9.64 Å². The summed E-state index contributed by atoms with van der Waals surface area (Å²) >= 11 is 0. The van der Waals surface area contributed by atoms with Gasteiger partial charge in [-0.2, -0.15) is 0 Å². The third-order valence-corrected chi connectivity index (χ3v) is 8.27. The number of nitrogens with zero attached hydrogens (tertiary/aromatic N) is 2. The Labute approximate surface area is 193 Å². The summed E-state index contributed by atoms with van der Waals surface area (Å²) in [5, 5.41) is 9.15. The van der Waals surface area contributed by atoms with Gasteiger partial charge in [0.1, 0.15) is 0 Å². The molecule has 1 aromatic carbocycles. The molecule has 9 nitrogen and oxygen atoms in total. The minimum Gasteiger partial charge on any atom is -0.381 e. The Morgan fingerprint density at radius 3 is 2.30 bits per heavy atom. The van der Waals surface area contributed by atoms with Crippen molar-refractivity contribution in [1.82, 2.24) is 15.4 Å². The molecule has 2 N–H and O–H groups in total. The molecule has 10 heteroatoms. The molecule has 2 heterocycles. The Morgan fingerprint density at radius 1 is 1.15 bits per heavy atom. The molecule has 0 saturated carbocycles. The maximum Gasteiger partial charge on any atom is 0.265 e. The average molecular weight is 476 g/mol. The molecule has 0 atom stereocenters. The first-order valence-corrected chi connectivity index (χ1v) is 12.2. The van der Waals surface area contributed by atoms with Crippen molar-refractivity contribution in [3.8, 4) is 11.3 Å². The lowest BCUT2D eigenvalue weighted by Gasteiger charge is -2.34. The maximum absolute atomic E-state index is 13.3. The van der Waals surface area contributed by atoms with Crippen LogP contribution in [0.15, 0.2) is 47.5 Å². The van der Waals surface area contributed by atoms with Crippen LogP contribution in [0.25, 0.3) is 11.3 Å². The van der Waals surface area contributed by atoms with Gasteiger partial charge >= 0.3 is 0 Å². The largest absolute Gasteiger partial charge is 0.381 e. The number of amides is 2. The predicted molar refractivity (Wildman–Crippen MR) is 121 cm³/mol. The van der Waals surface area contributed by atoms with Crippen molar-refractivity contribution in [2.45, 2.75) is 36.3 Å². The molecular formula is C23H29N3O6S. The zero-order valence-corrected chi connectivity index (χ0v) is 19.8. The second kappa shape index (κ2) is 9.98. The Bertz CT molecular complexity index is 1090. The number of pyridine rings is 1. The van der Waals surface area contributed by atoms with Crippen molar-refractivity contribution in [3.05, 3.63) is 48.2 Å². The fourth-order valence-electron chi connectivity index (χ4n) is 3.99. The lowest BCUT2D eigenvalue weighted by atomic mass is 9.98. The minimum absolute atomic E-state index is 0.0653. The highest BCUT2D eigenvalue weighted by Gasteiger charge is 2.52. The van der Waals surface area contributed by atoms with E-state index in [4.69, 9.17) is 9.94 Å². The molecule has 2 aromatic rings. The first kappa shape index (κ1) is 24.8. The molecule has 0 bridgehead atoms. The zero-order valence-electron chi connectivity index (χ0n) is 18.9. The summed E-state index contributed by atoms with van der Waals surface area (Å²) in [5.74, 6) is -0.688. The van der Waals surface area contributed by atoms with E-state index in [-0.39, 0.29) is 36.9 Å². The van der Waals surface area contributed by atoms with Crippen LogP contribution in [0, 0.1) is 5.92 Å². The van der Waals surface area contributed by atoms with Crippen molar-refractivity contribution in [2.24, 2.45) is 5.92 Å². The number of nitrogens with one attached hydrogen (secondary N) is 1. The van der Waals surface area contributed by atoms with Crippen LogP contribution >= 0.6 is 0 Å². The van der Waals surface area contributed by atoms with Crippen LogP contribution in [0.3, 0.4) is 0 Å². The third-order valence-electron chi connectivity index (χ3n) is 5.79. The number of hydrogen-bond acceptors (Lipinski definition) is 7. The molecular weight excluding hydrogens is 446 g/mol. The second-order valence-electron chi connectivity index (χ2n) is 8.59. The number of sulfone groups is 1. The number of hydrogen-bond donors (Lipinski definition) is 2. The Balaban J connectivity index is 1.84. The van der Waals surface area contributed by atoms with E-state index in [0.29, 0.717) is 23.7 Å². The Morgan fingerprint density at radius 2 is 1.79 bits per heavy atom. The van der Waals surface area contributed by atoms with Crippen molar-refractivity contribution in [1.29, 1.82) is 0 Å². The molecule has 33 heavy (non-hydrogen) atoms. The SMILES string of the molecule is CC(C)CN(C)C(=O)c1ccc(-c2ccc(S(=O)(=O)C3(C(=O)NO)CCOCC3)cn2)cc1. The highest BCUT2D eigenvalue weighted by molar-refractivity contribution is 7.93. The fourth-order valence-corrected chi connectivity index (χ4v) is 5.87. The number of ether oxygens (including phenoxy) is 1. The van der Waals surface area contributed by atoms with E-state index in [0.717, 1.165) is 5.56 Å². The summed E-state index contributed by atoms with van der Waals surface area (Å²) < 4.78 is 30.0. The molecule has 0 unspecified atom stereocenters. The summed E-state index contributed by atoms with van der Waals surface area (Å²) in [6.45, 7) is 4.93. The molecule has 1 aliphatic rings. The molecule has 2 amide bonds. The van der Waals surface area contributed by atoms with Crippen LogP contribution in [0.2, 0.25) is 0 Å². The molecule has 1 saturated heterocycles. The third kappa shape index (κ3) is 4.92. The first-order valence-electron chi connectivity index (χ1n) is 10.7. The number of hydroxylamine groups is 1. The van der Waals surface area contributed by atoms with Gasteiger partial charge in [0.15, 0.2) is 14.6 Å². The lowest BCUT2D eigenvalue weighted by Crippen LogP contribution is -2.54. The number of rotatable bonds is 7. The highest BCUT2D eigenvalue weighted by Crippen LogP contribution is 2.35. The predicted octanol–water partition coefficient (Wildman–Crippen LogP) is 2.30. The van der Waals surface area contributed by atoms with Gasteiger partial charge in [-0.1, -0.05) is 26.0 Å². The smallest absolute Gasteiger partial charge is 0.265 e. The average Bonchev–Trinajstić information content (AvgIpc) is 2.83. The van der Waals surface area contributed by atoms with E-state index in [9.17, 15) is 18.0 Å². The molecule has 1 fully saturated rings. The zero-order chi connectivity index (χ0) is 24.2. The van der Waals surface area contributed by atoms with Crippen molar-refractivity contribution in [3.63, 3.8) is 0 Å². The van der Waals surface area contributed by atoms with Gasteiger partial charge in [0.25, 0.3) is 11.8 Å². The number of benzene rings is 1. The van der Waals surface area contributed by atoms with E-state index in [1.807, 2.05) is 13.8 Å². The van der Waals surface area contributed by atoms with E-state index >= 15 is 0 Å². The molecule has 0 spiro atoms. The normalized spacial score (nSPS) is 15.8. The summed E-state index contributed by atoms with van der Waals surface area (Å²) in [7, 11) is -2.37. The summed E-state index contributed by atoms with van der Waals surface area (Å²) in [6.07, 6.45) is 1.08.